The van der Waals surface area contributed by atoms with Gasteiger partial charge in [-0.15, -0.1) is 0 Å². The van der Waals surface area contributed by atoms with Gasteiger partial charge in [0.25, 0.3) is 0 Å². The molecule has 6 atom stereocenters. The molecule has 0 unspecified atom stereocenters. The smallest absolute Gasteiger partial charge is 0.145 e. The summed E-state index contributed by atoms with van der Waals surface area (Å²) in [4.78, 5) is 12.9. The minimum atomic E-state index is -0.863. The quantitative estimate of drug-likeness (QED) is 0.469. The molecule has 3 heterocycles. The zero-order chi connectivity index (χ0) is 22.1. The average molecular weight is 431 g/mol. The van der Waals surface area contributed by atoms with Crippen molar-refractivity contribution in [1.82, 2.24) is 14.5 Å². The van der Waals surface area contributed by atoms with Crippen LogP contribution in [-0.2, 0) is 6.42 Å². The van der Waals surface area contributed by atoms with Gasteiger partial charge in [-0.3, -0.25) is 0 Å². The molecule has 8 nitrogen and oxygen atoms in total. The summed E-state index contributed by atoms with van der Waals surface area (Å²) in [5.74, 6) is 1.58. The number of hydrogen-bond acceptors (Lipinski definition) is 7. The number of aliphatic hydroxyl groups excluding tert-OH is 2. The van der Waals surface area contributed by atoms with Crippen LogP contribution in [0.15, 0.2) is 53.9 Å². The molecule has 0 amide bonds. The fourth-order valence-corrected chi connectivity index (χ4v) is 5.64. The van der Waals surface area contributed by atoms with E-state index in [1.807, 2.05) is 16.8 Å². The molecule has 1 aliphatic heterocycles. The van der Waals surface area contributed by atoms with Crippen LogP contribution in [0.3, 0.4) is 0 Å². The molecule has 6 rings (SSSR count). The van der Waals surface area contributed by atoms with Crippen molar-refractivity contribution in [2.75, 3.05) is 5.73 Å². The lowest BCUT2D eigenvalue weighted by Crippen LogP contribution is -2.29. The SMILES string of the molecule is C=C1[C@H]2C(N)=Nc3cc(CC[C@H]4C[C@@H](n5ccc6c(N)ncnc65)[C@H](O)[C@@H]4O)ccc3[C@@H]12. The average Bonchev–Trinajstić information content (AvgIpc) is 3.14. The first-order valence-electron chi connectivity index (χ1n) is 11.0. The molecule has 0 saturated heterocycles. The van der Waals surface area contributed by atoms with Gasteiger partial charge in [0.15, 0.2) is 0 Å². The molecular formula is C24H26N6O2. The van der Waals surface area contributed by atoms with Gasteiger partial charge in [0.1, 0.15) is 29.7 Å². The van der Waals surface area contributed by atoms with E-state index in [9.17, 15) is 10.2 Å². The molecule has 6 N–H and O–H groups in total. The van der Waals surface area contributed by atoms with Crippen molar-refractivity contribution in [3.63, 3.8) is 0 Å². The molecule has 2 aromatic heterocycles. The lowest BCUT2D eigenvalue weighted by molar-refractivity contribution is 0.00545. The van der Waals surface area contributed by atoms with Crippen LogP contribution < -0.4 is 11.5 Å². The predicted octanol–water partition coefficient (Wildman–Crippen LogP) is 2.20. The van der Waals surface area contributed by atoms with E-state index in [0.29, 0.717) is 29.6 Å². The standard InChI is InChI=1S/C24H26N6O2/c1-11-18-14-5-3-12(8-16(14)29-23(26)19(11)18)2-4-13-9-17(21(32)20(13)31)30-7-6-15-22(25)27-10-28-24(15)30/h3,5-8,10,13,17-21,31-32H,1-2,4,9H2,(H2,26,29)(H2,25,27,28)/t13-,17+,18+,19+,20+,21-/m0/s1. The van der Waals surface area contributed by atoms with Crippen molar-refractivity contribution in [3.05, 3.63) is 60.1 Å². The van der Waals surface area contributed by atoms with Gasteiger partial charge in [-0.25, -0.2) is 15.0 Å². The molecular weight excluding hydrogens is 404 g/mol. The van der Waals surface area contributed by atoms with Crippen molar-refractivity contribution >= 4 is 28.4 Å². The van der Waals surface area contributed by atoms with E-state index in [-0.39, 0.29) is 17.9 Å². The molecule has 32 heavy (non-hydrogen) atoms. The van der Waals surface area contributed by atoms with Crippen LogP contribution in [-0.4, -0.2) is 42.8 Å². The first-order chi connectivity index (χ1) is 15.4. The number of nitrogens with zero attached hydrogens (tertiary/aromatic N) is 4. The number of nitrogens with two attached hydrogens (primary N) is 2. The van der Waals surface area contributed by atoms with Crippen LogP contribution in [0.1, 0.15) is 35.9 Å². The Labute approximate surface area is 185 Å². The minimum absolute atomic E-state index is 0.0242. The van der Waals surface area contributed by atoms with E-state index in [2.05, 4.69) is 39.7 Å². The number of rotatable bonds is 4. The summed E-state index contributed by atoms with van der Waals surface area (Å²) in [6.07, 6.45) is 3.85. The monoisotopic (exact) mass is 430 g/mol. The Morgan fingerprint density at radius 1 is 1.09 bits per heavy atom. The fourth-order valence-electron chi connectivity index (χ4n) is 5.64. The maximum absolute atomic E-state index is 10.8. The highest BCUT2D eigenvalue weighted by molar-refractivity contribution is 5.97. The molecule has 2 fully saturated rings. The van der Waals surface area contributed by atoms with E-state index >= 15 is 0 Å². The Kier molecular flexibility index (Phi) is 4.18. The number of aliphatic hydroxyl groups is 2. The predicted molar refractivity (Wildman–Crippen MR) is 123 cm³/mol. The highest BCUT2D eigenvalue weighted by Crippen LogP contribution is 2.57. The Bertz CT molecular complexity index is 1280. The Hall–Kier alpha value is -3.23. The second kappa shape index (κ2) is 6.88. The number of amidine groups is 1. The summed E-state index contributed by atoms with van der Waals surface area (Å²) in [5.41, 5.74) is 17.2. The normalized spacial score (nSPS) is 30.8. The summed E-state index contributed by atoms with van der Waals surface area (Å²) in [6.45, 7) is 4.11. The summed E-state index contributed by atoms with van der Waals surface area (Å²) in [5, 5.41) is 22.3. The number of aromatic nitrogens is 3. The van der Waals surface area contributed by atoms with Gasteiger partial charge in [-0.1, -0.05) is 24.3 Å². The van der Waals surface area contributed by atoms with Gasteiger partial charge in [0, 0.05) is 18.0 Å². The molecule has 3 aromatic rings. The molecule has 2 saturated carbocycles. The van der Waals surface area contributed by atoms with Crippen molar-refractivity contribution in [3.8, 4) is 0 Å². The first kappa shape index (κ1) is 19.5. The van der Waals surface area contributed by atoms with Crippen LogP contribution in [0, 0.1) is 11.8 Å². The maximum Gasteiger partial charge on any atom is 0.145 e. The van der Waals surface area contributed by atoms with Gasteiger partial charge in [0.05, 0.1) is 23.2 Å². The molecule has 1 aromatic carbocycles. The number of aryl methyl sites for hydroxylation is 1. The van der Waals surface area contributed by atoms with Crippen LogP contribution >= 0.6 is 0 Å². The van der Waals surface area contributed by atoms with E-state index in [0.717, 1.165) is 35.1 Å². The second-order valence-electron chi connectivity index (χ2n) is 9.26. The van der Waals surface area contributed by atoms with Crippen LogP contribution in [0.25, 0.3) is 11.0 Å². The largest absolute Gasteiger partial charge is 0.390 e. The summed E-state index contributed by atoms with van der Waals surface area (Å²) >= 11 is 0. The molecule has 164 valence electrons. The van der Waals surface area contributed by atoms with E-state index in [1.165, 1.54) is 11.9 Å². The van der Waals surface area contributed by atoms with Crippen molar-refractivity contribution in [2.45, 2.75) is 43.4 Å². The number of benzene rings is 1. The number of fused-ring (bicyclic) bond motifs is 4. The zero-order valence-electron chi connectivity index (χ0n) is 17.6. The van der Waals surface area contributed by atoms with Gasteiger partial charge in [0.2, 0.25) is 0 Å². The lowest BCUT2D eigenvalue weighted by atomic mass is 9.94. The summed E-state index contributed by atoms with van der Waals surface area (Å²) < 4.78 is 1.91. The fraction of sp³-hybridized carbons (Fsp3) is 0.375. The van der Waals surface area contributed by atoms with Crippen LogP contribution in [0.4, 0.5) is 11.5 Å². The highest BCUT2D eigenvalue weighted by atomic mass is 16.3. The van der Waals surface area contributed by atoms with Crippen molar-refractivity contribution in [2.24, 2.45) is 22.6 Å². The molecule has 2 aliphatic carbocycles. The first-order valence-corrected chi connectivity index (χ1v) is 11.0. The summed E-state index contributed by atoms with van der Waals surface area (Å²) in [7, 11) is 0. The summed E-state index contributed by atoms with van der Waals surface area (Å²) in [6, 6.07) is 7.96. The Morgan fingerprint density at radius 3 is 2.78 bits per heavy atom. The van der Waals surface area contributed by atoms with Gasteiger partial charge < -0.3 is 26.2 Å². The third kappa shape index (κ3) is 2.79. The minimum Gasteiger partial charge on any atom is -0.390 e. The van der Waals surface area contributed by atoms with Crippen LogP contribution in [0.2, 0.25) is 0 Å². The Balaban J connectivity index is 1.19. The molecule has 0 bridgehead atoms. The number of anilines is 1. The van der Waals surface area contributed by atoms with E-state index < -0.39 is 12.2 Å². The third-order valence-corrected chi connectivity index (χ3v) is 7.49. The highest BCUT2D eigenvalue weighted by Gasteiger charge is 2.49. The molecule has 0 spiro atoms. The van der Waals surface area contributed by atoms with E-state index in [1.54, 1.807) is 0 Å². The van der Waals surface area contributed by atoms with E-state index in [4.69, 9.17) is 11.5 Å². The molecule has 8 heteroatoms. The number of nitrogen functional groups attached to an aromatic ring is 1. The zero-order valence-corrected chi connectivity index (χ0v) is 17.6. The van der Waals surface area contributed by atoms with Crippen molar-refractivity contribution < 1.29 is 10.2 Å². The van der Waals surface area contributed by atoms with Crippen molar-refractivity contribution in [1.29, 1.82) is 0 Å². The Morgan fingerprint density at radius 2 is 1.94 bits per heavy atom. The second-order valence-corrected chi connectivity index (χ2v) is 9.26. The van der Waals surface area contributed by atoms with Gasteiger partial charge >= 0.3 is 0 Å². The third-order valence-electron chi connectivity index (χ3n) is 7.49. The maximum atomic E-state index is 10.8. The molecule has 3 aliphatic rings. The lowest BCUT2D eigenvalue weighted by Gasteiger charge is -2.19. The topological polar surface area (TPSA) is 136 Å². The number of aliphatic imine (C=N–C) groups is 1. The van der Waals surface area contributed by atoms with Crippen LogP contribution in [0.5, 0.6) is 0 Å². The van der Waals surface area contributed by atoms with Gasteiger partial charge in [-0.2, -0.15) is 0 Å². The molecule has 0 radical (unpaired) electrons. The number of hydrogen-bond donors (Lipinski definition) is 4. The van der Waals surface area contributed by atoms with Gasteiger partial charge in [-0.05, 0) is 48.4 Å².